The first-order valence-corrected chi connectivity index (χ1v) is 23.0. The van der Waals surface area contributed by atoms with Gasteiger partial charge < -0.3 is 14.0 Å². The summed E-state index contributed by atoms with van der Waals surface area (Å²) in [5, 5.41) is 3.92. The molecule has 8 aromatic rings. The predicted octanol–water partition coefficient (Wildman–Crippen LogP) is 9.93. The van der Waals surface area contributed by atoms with Crippen molar-refractivity contribution in [1.29, 1.82) is 0 Å². The van der Waals surface area contributed by atoms with Gasteiger partial charge in [0.2, 0.25) is 6.71 Å². The van der Waals surface area contributed by atoms with Crippen molar-refractivity contribution >= 4 is 90.7 Å². The zero-order valence-corrected chi connectivity index (χ0v) is 36.7. The highest BCUT2D eigenvalue weighted by Crippen LogP contribution is 2.60. The summed E-state index contributed by atoms with van der Waals surface area (Å²) in [6, 6.07) is 42.4. The molecular weight excluding hydrogens is 760 g/mol. The molecule has 2 aromatic heterocycles. The first kappa shape index (κ1) is 36.9. The van der Waals surface area contributed by atoms with E-state index in [1.54, 1.807) is 0 Å². The predicted molar refractivity (Wildman–Crippen MR) is 273 cm³/mol. The van der Waals surface area contributed by atoms with Crippen molar-refractivity contribution in [2.45, 2.75) is 64.3 Å². The van der Waals surface area contributed by atoms with Gasteiger partial charge in [-0.15, -0.1) is 0 Å². The van der Waals surface area contributed by atoms with Crippen LogP contribution in [0.2, 0.25) is 0 Å². The number of fused-ring (bicyclic) bond motifs is 15. The lowest BCUT2D eigenvalue weighted by Crippen LogP contribution is -2.60. The van der Waals surface area contributed by atoms with E-state index in [0.29, 0.717) is 0 Å². The molecule has 1 fully saturated rings. The fraction of sp³-hybridized carbons (Fsp3) is 0.172. The first-order valence-electron chi connectivity index (χ1n) is 23.0. The Kier molecular flexibility index (Phi) is 7.57. The van der Waals surface area contributed by atoms with Gasteiger partial charge in [-0.25, -0.2) is 0 Å². The van der Waals surface area contributed by atoms with Gasteiger partial charge in [-0.2, -0.15) is 0 Å². The van der Waals surface area contributed by atoms with Crippen molar-refractivity contribution in [2.24, 2.45) is 0 Å². The van der Waals surface area contributed by atoms with E-state index in [2.05, 4.69) is 194 Å². The lowest BCUT2D eigenvalue weighted by Gasteiger charge is -2.50. The second-order valence-corrected chi connectivity index (χ2v) is 19.2. The molecule has 0 radical (unpaired) electrons. The molecule has 0 bridgehead atoms. The minimum absolute atomic E-state index is 0.0236. The van der Waals surface area contributed by atoms with E-state index in [9.17, 15) is 0 Å². The summed E-state index contributed by atoms with van der Waals surface area (Å²) in [7, 11) is 0. The molecule has 2 unspecified atom stereocenters. The SMILES string of the molecule is C=C/C=C\c1c(C)n2c3c4c5c(cc13)c1ccccc1n5-c1cc(B3c5ccccc5-c5ccccc53)ccc1B4c1cc3c(cc1-2)C1(C)CCCCC1(C)N3C(=C)/C=C\C=C/C. The molecule has 6 aromatic carbocycles. The molecule has 0 saturated heterocycles. The van der Waals surface area contributed by atoms with E-state index in [1.807, 2.05) is 6.08 Å². The van der Waals surface area contributed by atoms with Gasteiger partial charge >= 0.3 is 0 Å². The summed E-state index contributed by atoms with van der Waals surface area (Å²) in [5.74, 6) is 0. The third kappa shape index (κ3) is 4.52. The molecule has 1 saturated carbocycles. The van der Waals surface area contributed by atoms with Crippen LogP contribution in [0.3, 0.4) is 0 Å². The van der Waals surface area contributed by atoms with Crippen LogP contribution < -0.4 is 37.7 Å². The molecule has 0 N–H and O–H groups in total. The average Bonchev–Trinajstić information content (AvgIpc) is 3.97. The molecular formula is C58H49B2N3. The molecule has 5 heteroatoms. The third-order valence-electron chi connectivity index (χ3n) is 16.4. The Morgan fingerprint density at radius 3 is 2.16 bits per heavy atom. The Morgan fingerprint density at radius 2 is 1.38 bits per heavy atom. The molecule has 2 atom stereocenters. The second-order valence-electron chi connectivity index (χ2n) is 19.2. The van der Waals surface area contributed by atoms with Crippen molar-refractivity contribution in [3.05, 3.63) is 181 Å². The van der Waals surface area contributed by atoms with Gasteiger partial charge in [0.05, 0.1) is 22.1 Å². The maximum absolute atomic E-state index is 4.81. The summed E-state index contributed by atoms with van der Waals surface area (Å²) >= 11 is 0. The fourth-order valence-corrected chi connectivity index (χ4v) is 13.5. The molecule has 63 heavy (non-hydrogen) atoms. The lowest BCUT2D eigenvalue weighted by molar-refractivity contribution is 0.192. The Morgan fingerprint density at radius 1 is 0.667 bits per heavy atom. The van der Waals surface area contributed by atoms with Crippen molar-refractivity contribution in [1.82, 2.24) is 9.13 Å². The number of para-hydroxylation sites is 1. The van der Waals surface area contributed by atoms with Gasteiger partial charge in [-0.1, -0.05) is 165 Å². The number of aromatic nitrogens is 2. The maximum atomic E-state index is 4.81. The normalized spacial score (nSPS) is 20.1. The summed E-state index contributed by atoms with van der Waals surface area (Å²) in [4.78, 5) is 2.65. The van der Waals surface area contributed by atoms with Gasteiger partial charge in [-0.3, -0.25) is 0 Å². The largest absolute Gasteiger partial charge is 0.335 e. The number of nitrogens with zero attached hydrogens (tertiary/aromatic N) is 3. The van der Waals surface area contributed by atoms with E-state index < -0.39 is 0 Å². The van der Waals surface area contributed by atoms with Crippen molar-refractivity contribution in [3.63, 3.8) is 0 Å². The van der Waals surface area contributed by atoms with E-state index >= 15 is 0 Å². The third-order valence-corrected chi connectivity index (χ3v) is 16.4. The zero-order chi connectivity index (χ0) is 42.5. The second kappa shape index (κ2) is 12.9. The maximum Gasteiger partial charge on any atom is 0.252 e. The van der Waals surface area contributed by atoms with Crippen LogP contribution in [0.15, 0.2) is 165 Å². The monoisotopic (exact) mass is 809 g/mol. The van der Waals surface area contributed by atoms with Crippen LogP contribution in [0.5, 0.6) is 0 Å². The number of hydrogen-bond donors (Lipinski definition) is 0. The molecule has 302 valence electrons. The average molecular weight is 810 g/mol. The minimum Gasteiger partial charge on any atom is -0.335 e. The van der Waals surface area contributed by atoms with Crippen LogP contribution in [0.1, 0.15) is 63.3 Å². The topological polar surface area (TPSA) is 13.1 Å². The smallest absolute Gasteiger partial charge is 0.252 e. The van der Waals surface area contributed by atoms with E-state index in [1.165, 1.54) is 123 Å². The van der Waals surface area contributed by atoms with Crippen LogP contribution in [-0.2, 0) is 5.41 Å². The minimum atomic E-state index is -0.104. The van der Waals surface area contributed by atoms with Gasteiger partial charge in [0.1, 0.15) is 0 Å². The molecule has 0 spiro atoms. The molecule has 13 rings (SSSR count). The number of anilines is 1. The summed E-state index contributed by atoms with van der Waals surface area (Å²) in [6.45, 7) is 18.6. The Balaban J connectivity index is 1.15. The number of hydrogen-bond acceptors (Lipinski definition) is 1. The van der Waals surface area contributed by atoms with Crippen LogP contribution in [0.25, 0.3) is 61.3 Å². The Labute approximate surface area is 371 Å². The van der Waals surface area contributed by atoms with Crippen LogP contribution in [0, 0.1) is 6.92 Å². The highest BCUT2D eigenvalue weighted by Gasteiger charge is 2.58. The summed E-state index contributed by atoms with van der Waals surface area (Å²) < 4.78 is 5.27. The first-order chi connectivity index (χ1) is 30.8. The van der Waals surface area contributed by atoms with Crippen molar-refractivity contribution < 1.29 is 0 Å². The number of allylic oxidation sites excluding steroid dienone is 6. The van der Waals surface area contributed by atoms with Gasteiger partial charge in [-0.05, 0) is 103 Å². The Bertz CT molecular complexity index is 3440. The van der Waals surface area contributed by atoms with E-state index in [4.69, 9.17) is 6.58 Å². The van der Waals surface area contributed by atoms with Gasteiger partial charge in [0.15, 0.2) is 0 Å². The zero-order valence-electron chi connectivity index (χ0n) is 36.7. The van der Waals surface area contributed by atoms with Gasteiger partial charge in [0.25, 0.3) is 6.71 Å². The van der Waals surface area contributed by atoms with Gasteiger partial charge in [0, 0.05) is 55.6 Å². The molecule has 6 heterocycles. The van der Waals surface area contributed by atoms with Crippen LogP contribution in [-0.4, -0.2) is 28.1 Å². The lowest BCUT2D eigenvalue weighted by atomic mass is 9.33. The van der Waals surface area contributed by atoms with E-state index in [0.717, 1.165) is 18.5 Å². The molecule has 0 amide bonds. The standard InChI is InChI=1S/C58H49B2N3/c1-7-9-11-20-36(3)63-51-35-49-53(34-45(51)57(5)30-18-19-31-58(57,63)6)61-37(4)39(21-10-8-2)43-33-44-42-24-14-17-27-50(42)62-52-32-38(28-29-48(52)60(49)54(55(43)61)56(44)62)59-46-25-15-12-22-40(46)41-23-13-16-26-47(41)59/h7-17,20-29,32-35H,2-3,18-19,30-31H2,1,4-6H3/b9-7-,20-11-,21-10-. The fourth-order valence-electron chi connectivity index (χ4n) is 13.5. The van der Waals surface area contributed by atoms with Crippen molar-refractivity contribution in [2.75, 3.05) is 4.90 Å². The molecule has 4 aliphatic heterocycles. The summed E-state index contributed by atoms with van der Waals surface area (Å²) in [5.41, 5.74) is 23.7. The van der Waals surface area contributed by atoms with Crippen molar-refractivity contribution in [3.8, 4) is 22.5 Å². The Hall–Kier alpha value is -6.71. The highest BCUT2D eigenvalue weighted by atomic mass is 15.3. The quantitative estimate of drug-likeness (QED) is 0.121. The number of rotatable bonds is 6. The van der Waals surface area contributed by atoms with Crippen LogP contribution in [0.4, 0.5) is 5.69 Å². The van der Waals surface area contributed by atoms with Crippen LogP contribution >= 0.6 is 0 Å². The molecule has 3 nitrogen and oxygen atoms in total. The van der Waals surface area contributed by atoms with E-state index in [-0.39, 0.29) is 24.4 Å². The highest BCUT2D eigenvalue weighted by molar-refractivity contribution is 7.01. The molecule has 1 aliphatic carbocycles. The number of benzene rings is 6. The molecule has 5 aliphatic rings. The summed E-state index contributed by atoms with van der Waals surface area (Å²) in [6.07, 6.45) is 19.6.